The summed E-state index contributed by atoms with van der Waals surface area (Å²) < 4.78 is 2.19. The van der Waals surface area contributed by atoms with Crippen molar-refractivity contribution in [1.82, 2.24) is 4.57 Å². The number of rotatable bonds is 3. The zero-order valence-corrected chi connectivity index (χ0v) is 20.6. The van der Waals surface area contributed by atoms with Gasteiger partial charge in [0.1, 0.15) is 0 Å². The molecule has 1 aromatic heterocycles. The van der Waals surface area contributed by atoms with Crippen LogP contribution in [0.1, 0.15) is 22.3 Å². The Morgan fingerprint density at radius 2 is 0.821 bits per heavy atom. The lowest BCUT2D eigenvalue weighted by atomic mass is 9.92. The number of benzene rings is 5. The standard InChI is InChI=1S/C34H17N5/c35-18-22-12-23(19-36)15-26(14-22)28-8-5-9-29(27-16-24(20-37)13-25(17-27)21-38)34(28)39-32-10-3-1-6-30(32)31-7-2-4-11-33(31)39/h1-17H. The molecule has 6 aromatic rings. The third kappa shape index (κ3) is 3.85. The SMILES string of the molecule is N#Cc1cc(C#N)cc(-c2cccc(-c3cc(C#N)cc(C#N)c3)c2-n2c3ccccc3c3ccccc32)c1. The number of nitriles is 4. The topological polar surface area (TPSA) is 100 Å². The fourth-order valence-electron chi connectivity index (χ4n) is 5.24. The van der Waals surface area contributed by atoms with E-state index in [1.807, 2.05) is 42.5 Å². The molecule has 0 saturated heterocycles. The molecule has 0 aliphatic heterocycles. The summed E-state index contributed by atoms with van der Waals surface area (Å²) in [5.74, 6) is 0. The van der Waals surface area contributed by atoms with Gasteiger partial charge < -0.3 is 4.57 Å². The molecule has 178 valence electrons. The van der Waals surface area contributed by atoms with E-state index in [0.29, 0.717) is 22.3 Å². The first-order valence-corrected chi connectivity index (χ1v) is 12.2. The smallest absolute Gasteiger partial charge is 0.0992 e. The summed E-state index contributed by atoms with van der Waals surface area (Å²) >= 11 is 0. The second-order valence-electron chi connectivity index (χ2n) is 9.12. The first kappa shape index (κ1) is 23.3. The summed E-state index contributed by atoms with van der Waals surface area (Å²) in [7, 11) is 0. The summed E-state index contributed by atoms with van der Waals surface area (Å²) in [6, 6.07) is 41.1. The molecule has 0 atom stereocenters. The van der Waals surface area contributed by atoms with E-state index in [1.54, 1.807) is 36.4 Å². The van der Waals surface area contributed by atoms with Crippen molar-refractivity contribution >= 4 is 21.8 Å². The molecule has 0 aliphatic carbocycles. The van der Waals surface area contributed by atoms with Crippen LogP contribution < -0.4 is 0 Å². The van der Waals surface area contributed by atoms with Crippen molar-refractivity contribution in [2.24, 2.45) is 0 Å². The van der Waals surface area contributed by atoms with Crippen molar-refractivity contribution in [2.75, 3.05) is 0 Å². The van der Waals surface area contributed by atoms with Gasteiger partial charge in [0.15, 0.2) is 0 Å². The lowest BCUT2D eigenvalue weighted by Crippen LogP contribution is -2.01. The Kier molecular flexibility index (Phi) is 5.60. The monoisotopic (exact) mass is 495 g/mol. The maximum atomic E-state index is 9.69. The van der Waals surface area contributed by atoms with Crippen LogP contribution >= 0.6 is 0 Å². The van der Waals surface area contributed by atoms with Gasteiger partial charge in [-0.25, -0.2) is 0 Å². The van der Waals surface area contributed by atoms with Crippen LogP contribution in [0.5, 0.6) is 0 Å². The van der Waals surface area contributed by atoms with Gasteiger partial charge in [-0.15, -0.1) is 0 Å². The van der Waals surface area contributed by atoms with Crippen molar-refractivity contribution in [3.8, 4) is 52.2 Å². The van der Waals surface area contributed by atoms with E-state index >= 15 is 0 Å². The highest BCUT2D eigenvalue weighted by atomic mass is 15.0. The summed E-state index contributed by atoms with van der Waals surface area (Å²) in [6.07, 6.45) is 0. The van der Waals surface area contributed by atoms with Gasteiger partial charge in [-0.2, -0.15) is 21.0 Å². The number of aromatic nitrogens is 1. The predicted molar refractivity (Wildman–Crippen MR) is 151 cm³/mol. The van der Waals surface area contributed by atoms with Crippen LogP contribution in [0.25, 0.3) is 49.7 Å². The molecule has 5 nitrogen and oxygen atoms in total. The largest absolute Gasteiger partial charge is 0.308 e. The second-order valence-corrected chi connectivity index (χ2v) is 9.12. The number of para-hydroxylation sites is 3. The number of fused-ring (bicyclic) bond motifs is 3. The molecule has 0 radical (unpaired) electrons. The van der Waals surface area contributed by atoms with E-state index in [4.69, 9.17) is 0 Å². The fraction of sp³-hybridized carbons (Fsp3) is 0. The van der Waals surface area contributed by atoms with Crippen LogP contribution in [0.4, 0.5) is 0 Å². The lowest BCUT2D eigenvalue weighted by molar-refractivity contribution is 1.18. The fourth-order valence-corrected chi connectivity index (χ4v) is 5.24. The Hall–Kier alpha value is -6.14. The molecule has 0 fully saturated rings. The zero-order chi connectivity index (χ0) is 26.9. The van der Waals surface area contributed by atoms with E-state index in [0.717, 1.165) is 49.7 Å². The molecule has 0 saturated carbocycles. The average Bonchev–Trinajstić information content (AvgIpc) is 3.34. The van der Waals surface area contributed by atoms with Crippen molar-refractivity contribution in [2.45, 2.75) is 0 Å². The van der Waals surface area contributed by atoms with E-state index < -0.39 is 0 Å². The van der Waals surface area contributed by atoms with E-state index in [2.05, 4.69) is 53.1 Å². The summed E-state index contributed by atoms with van der Waals surface area (Å²) in [6.45, 7) is 0. The van der Waals surface area contributed by atoms with Gasteiger partial charge in [0, 0.05) is 21.9 Å². The van der Waals surface area contributed by atoms with Crippen LogP contribution in [0.3, 0.4) is 0 Å². The van der Waals surface area contributed by atoms with Gasteiger partial charge >= 0.3 is 0 Å². The van der Waals surface area contributed by atoms with Gasteiger partial charge in [0.05, 0.1) is 63.3 Å². The molecule has 39 heavy (non-hydrogen) atoms. The number of hydrogen-bond acceptors (Lipinski definition) is 4. The summed E-state index contributed by atoms with van der Waals surface area (Å²) in [4.78, 5) is 0. The van der Waals surface area contributed by atoms with Gasteiger partial charge in [-0.3, -0.25) is 0 Å². The third-order valence-electron chi connectivity index (χ3n) is 6.84. The zero-order valence-electron chi connectivity index (χ0n) is 20.6. The van der Waals surface area contributed by atoms with Crippen LogP contribution in [0, 0.1) is 45.3 Å². The molecular weight excluding hydrogens is 478 g/mol. The lowest BCUT2D eigenvalue weighted by Gasteiger charge is -2.19. The molecular formula is C34H17N5. The van der Waals surface area contributed by atoms with Gasteiger partial charge in [-0.1, -0.05) is 54.6 Å². The molecule has 5 aromatic carbocycles. The van der Waals surface area contributed by atoms with Crippen LogP contribution in [0.2, 0.25) is 0 Å². The van der Waals surface area contributed by atoms with Gasteiger partial charge in [0.2, 0.25) is 0 Å². The highest BCUT2D eigenvalue weighted by molar-refractivity contribution is 6.10. The maximum Gasteiger partial charge on any atom is 0.0992 e. The first-order valence-electron chi connectivity index (χ1n) is 12.2. The van der Waals surface area contributed by atoms with E-state index in [9.17, 15) is 21.0 Å². The van der Waals surface area contributed by atoms with Crippen molar-refractivity contribution in [1.29, 1.82) is 21.0 Å². The quantitative estimate of drug-likeness (QED) is 0.252. The third-order valence-corrected chi connectivity index (χ3v) is 6.84. The number of nitrogens with zero attached hydrogens (tertiary/aromatic N) is 5. The molecule has 0 aliphatic rings. The number of hydrogen-bond donors (Lipinski definition) is 0. The minimum Gasteiger partial charge on any atom is -0.308 e. The first-order chi connectivity index (χ1) is 19.1. The summed E-state index contributed by atoms with van der Waals surface area (Å²) in [5.41, 5.74) is 7.43. The van der Waals surface area contributed by atoms with E-state index in [-0.39, 0.29) is 0 Å². The van der Waals surface area contributed by atoms with E-state index in [1.165, 1.54) is 0 Å². The van der Waals surface area contributed by atoms with Crippen molar-refractivity contribution < 1.29 is 0 Å². The maximum absolute atomic E-state index is 9.69. The second kappa shape index (κ2) is 9.38. The Balaban J connectivity index is 1.81. The molecule has 0 spiro atoms. The van der Waals surface area contributed by atoms with Crippen molar-refractivity contribution in [3.05, 3.63) is 125 Å². The predicted octanol–water partition coefficient (Wildman–Crippen LogP) is 7.60. The Morgan fingerprint density at radius 3 is 1.21 bits per heavy atom. The summed E-state index contributed by atoms with van der Waals surface area (Å²) in [5, 5.41) is 40.9. The molecule has 0 N–H and O–H groups in total. The highest BCUT2D eigenvalue weighted by Crippen LogP contribution is 2.41. The Bertz CT molecular complexity index is 1910. The molecule has 5 heteroatoms. The van der Waals surface area contributed by atoms with Crippen LogP contribution in [-0.2, 0) is 0 Å². The Morgan fingerprint density at radius 1 is 0.436 bits per heavy atom. The average molecular weight is 496 g/mol. The van der Waals surface area contributed by atoms with Gasteiger partial charge in [0.25, 0.3) is 0 Å². The van der Waals surface area contributed by atoms with Crippen molar-refractivity contribution in [3.63, 3.8) is 0 Å². The van der Waals surface area contributed by atoms with Gasteiger partial charge in [-0.05, 0) is 59.7 Å². The molecule has 6 rings (SSSR count). The normalized spacial score (nSPS) is 10.5. The molecule has 0 unspecified atom stereocenters. The minimum absolute atomic E-state index is 0.390. The Labute approximate surface area is 224 Å². The molecule has 1 heterocycles. The minimum atomic E-state index is 0.390. The molecule has 0 amide bonds. The van der Waals surface area contributed by atoms with Crippen LogP contribution in [0.15, 0.2) is 103 Å². The highest BCUT2D eigenvalue weighted by Gasteiger charge is 2.20. The molecule has 0 bridgehead atoms. The van der Waals surface area contributed by atoms with Crippen LogP contribution in [-0.4, -0.2) is 4.57 Å².